The van der Waals surface area contributed by atoms with Gasteiger partial charge in [0.1, 0.15) is 5.75 Å². The van der Waals surface area contributed by atoms with Gasteiger partial charge in [-0.25, -0.2) is 0 Å². The fourth-order valence-electron chi connectivity index (χ4n) is 1.86. The van der Waals surface area contributed by atoms with Crippen molar-refractivity contribution in [1.82, 2.24) is 9.78 Å². The molecule has 96 valence electrons. The van der Waals surface area contributed by atoms with Crippen LogP contribution in [-0.4, -0.2) is 16.9 Å². The molecule has 0 atom stereocenters. The summed E-state index contributed by atoms with van der Waals surface area (Å²) in [5.74, 6) is 0.788. The van der Waals surface area contributed by atoms with Crippen LogP contribution < -0.4 is 10.1 Å². The Morgan fingerprint density at radius 1 is 1.44 bits per heavy atom. The lowest BCUT2D eigenvalue weighted by Gasteiger charge is -2.11. The molecule has 2 rings (SSSR count). The Hall–Kier alpha value is -1.68. The minimum atomic E-state index is 0.607. The molecule has 0 aliphatic heterocycles. The van der Waals surface area contributed by atoms with Gasteiger partial charge in [0.2, 0.25) is 0 Å². The number of anilines is 1. The van der Waals surface area contributed by atoms with E-state index >= 15 is 0 Å². The van der Waals surface area contributed by atoms with Gasteiger partial charge in [-0.05, 0) is 19.1 Å². The van der Waals surface area contributed by atoms with Gasteiger partial charge in [0.25, 0.3) is 0 Å². The lowest BCUT2D eigenvalue weighted by atomic mass is 10.2. The van der Waals surface area contributed by atoms with Crippen molar-refractivity contribution in [2.24, 2.45) is 7.05 Å². The van der Waals surface area contributed by atoms with Crippen LogP contribution in [0.2, 0.25) is 5.02 Å². The second-order valence-corrected chi connectivity index (χ2v) is 4.48. The molecule has 18 heavy (non-hydrogen) atoms. The zero-order valence-corrected chi connectivity index (χ0v) is 11.5. The highest BCUT2D eigenvalue weighted by atomic mass is 35.5. The monoisotopic (exact) mass is 265 g/mol. The summed E-state index contributed by atoms with van der Waals surface area (Å²) >= 11 is 6.18. The maximum Gasteiger partial charge on any atom is 0.125 e. The topological polar surface area (TPSA) is 39.1 Å². The second kappa shape index (κ2) is 5.31. The zero-order chi connectivity index (χ0) is 13.1. The van der Waals surface area contributed by atoms with Crippen molar-refractivity contribution in [3.05, 3.63) is 40.7 Å². The lowest BCUT2D eigenvalue weighted by molar-refractivity contribution is 0.410. The molecule has 4 nitrogen and oxygen atoms in total. The van der Waals surface area contributed by atoms with E-state index in [1.165, 1.54) is 0 Å². The number of rotatable bonds is 4. The van der Waals surface area contributed by atoms with Crippen molar-refractivity contribution in [3.8, 4) is 5.75 Å². The maximum atomic E-state index is 6.18. The van der Waals surface area contributed by atoms with E-state index in [-0.39, 0.29) is 0 Å². The minimum absolute atomic E-state index is 0.607. The highest BCUT2D eigenvalue weighted by Crippen LogP contribution is 2.27. The van der Waals surface area contributed by atoms with Crippen molar-refractivity contribution in [2.45, 2.75) is 13.5 Å². The Labute approximate surface area is 112 Å². The number of halogens is 1. The zero-order valence-electron chi connectivity index (χ0n) is 10.7. The van der Waals surface area contributed by atoms with Crippen LogP contribution in [0.15, 0.2) is 24.4 Å². The summed E-state index contributed by atoms with van der Waals surface area (Å²) in [6.45, 7) is 2.57. The fourth-order valence-corrected chi connectivity index (χ4v) is 2.09. The third-order valence-electron chi connectivity index (χ3n) is 2.76. The van der Waals surface area contributed by atoms with Crippen LogP contribution in [0, 0.1) is 6.92 Å². The number of benzene rings is 1. The maximum absolute atomic E-state index is 6.18. The van der Waals surface area contributed by atoms with Gasteiger partial charge < -0.3 is 10.1 Å². The molecule has 1 heterocycles. The summed E-state index contributed by atoms with van der Waals surface area (Å²) in [4.78, 5) is 0. The van der Waals surface area contributed by atoms with Crippen LogP contribution in [0.25, 0.3) is 0 Å². The van der Waals surface area contributed by atoms with Crippen molar-refractivity contribution < 1.29 is 4.74 Å². The molecule has 0 unspecified atom stereocenters. The van der Waals surface area contributed by atoms with Crippen LogP contribution >= 0.6 is 11.6 Å². The van der Waals surface area contributed by atoms with Gasteiger partial charge in [-0.1, -0.05) is 17.7 Å². The van der Waals surface area contributed by atoms with Gasteiger partial charge in [-0.15, -0.1) is 0 Å². The van der Waals surface area contributed by atoms with Gasteiger partial charge in [0.15, 0.2) is 0 Å². The van der Waals surface area contributed by atoms with E-state index in [0.717, 1.165) is 22.7 Å². The number of nitrogens with zero attached hydrogens (tertiary/aromatic N) is 2. The quantitative estimate of drug-likeness (QED) is 0.924. The Morgan fingerprint density at radius 3 is 2.83 bits per heavy atom. The van der Waals surface area contributed by atoms with Crippen LogP contribution in [0.1, 0.15) is 11.3 Å². The second-order valence-electron chi connectivity index (χ2n) is 4.08. The molecule has 2 aromatic rings. The highest BCUT2D eigenvalue weighted by Gasteiger charge is 2.09. The summed E-state index contributed by atoms with van der Waals surface area (Å²) in [6, 6.07) is 5.64. The first-order valence-corrected chi connectivity index (χ1v) is 6.05. The number of aryl methyl sites for hydroxylation is 2. The summed E-state index contributed by atoms with van der Waals surface area (Å²) < 4.78 is 7.08. The molecule has 0 fully saturated rings. The molecule has 0 aliphatic carbocycles. The molecular formula is C13H16ClN3O. The smallest absolute Gasteiger partial charge is 0.125 e. The molecule has 0 amide bonds. The van der Waals surface area contributed by atoms with Gasteiger partial charge in [-0.2, -0.15) is 5.10 Å². The molecule has 0 bridgehead atoms. The SMILES string of the molecule is COc1cccc(Cl)c1CNc1cn(C)nc1C. The predicted octanol–water partition coefficient (Wildman–Crippen LogP) is 3.00. The van der Waals surface area contributed by atoms with E-state index in [9.17, 15) is 0 Å². The minimum Gasteiger partial charge on any atom is -0.496 e. The van der Waals surface area contributed by atoms with E-state index in [1.54, 1.807) is 11.8 Å². The van der Waals surface area contributed by atoms with E-state index in [4.69, 9.17) is 16.3 Å². The predicted molar refractivity (Wildman–Crippen MR) is 73.3 cm³/mol. The third-order valence-corrected chi connectivity index (χ3v) is 3.12. The van der Waals surface area contributed by atoms with Crippen LogP contribution in [0.3, 0.4) is 0 Å². The summed E-state index contributed by atoms with van der Waals surface area (Å²) in [7, 11) is 3.54. The number of hydrogen-bond acceptors (Lipinski definition) is 3. The normalized spacial score (nSPS) is 10.4. The molecular weight excluding hydrogens is 250 g/mol. The van der Waals surface area contributed by atoms with E-state index < -0.39 is 0 Å². The number of ether oxygens (including phenoxy) is 1. The van der Waals surface area contributed by atoms with Gasteiger partial charge in [0.05, 0.1) is 18.5 Å². The van der Waals surface area contributed by atoms with E-state index in [2.05, 4.69) is 10.4 Å². The largest absolute Gasteiger partial charge is 0.496 e. The summed E-state index contributed by atoms with van der Waals surface area (Å²) in [5, 5.41) is 8.29. The average molecular weight is 266 g/mol. The van der Waals surface area contributed by atoms with Crippen molar-refractivity contribution in [1.29, 1.82) is 0 Å². The summed E-state index contributed by atoms with van der Waals surface area (Å²) in [6.07, 6.45) is 1.94. The number of methoxy groups -OCH3 is 1. The van der Waals surface area contributed by atoms with E-state index in [0.29, 0.717) is 11.6 Å². The molecule has 1 aromatic heterocycles. The highest BCUT2D eigenvalue weighted by molar-refractivity contribution is 6.31. The Morgan fingerprint density at radius 2 is 2.22 bits per heavy atom. The first-order valence-electron chi connectivity index (χ1n) is 5.67. The molecule has 5 heteroatoms. The Balaban J connectivity index is 2.17. The van der Waals surface area contributed by atoms with Crippen molar-refractivity contribution in [2.75, 3.05) is 12.4 Å². The Bertz CT molecular complexity index is 551. The summed E-state index contributed by atoms with van der Waals surface area (Å²) in [5.41, 5.74) is 2.91. The first kappa shape index (κ1) is 12.8. The molecule has 0 saturated carbocycles. The van der Waals surface area contributed by atoms with Crippen molar-refractivity contribution in [3.63, 3.8) is 0 Å². The first-order chi connectivity index (χ1) is 8.61. The molecule has 1 aromatic carbocycles. The molecule has 0 aliphatic rings. The van der Waals surface area contributed by atoms with Gasteiger partial charge >= 0.3 is 0 Å². The molecule has 0 radical (unpaired) electrons. The third kappa shape index (κ3) is 2.59. The molecule has 0 saturated heterocycles. The number of hydrogen-bond donors (Lipinski definition) is 1. The van der Waals surface area contributed by atoms with Gasteiger partial charge in [-0.3, -0.25) is 4.68 Å². The average Bonchev–Trinajstić information content (AvgIpc) is 2.66. The van der Waals surface area contributed by atoms with Crippen LogP contribution in [-0.2, 0) is 13.6 Å². The Kier molecular flexibility index (Phi) is 3.77. The fraction of sp³-hybridized carbons (Fsp3) is 0.308. The molecule has 1 N–H and O–H groups in total. The van der Waals surface area contributed by atoms with Crippen molar-refractivity contribution >= 4 is 17.3 Å². The molecule has 0 spiro atoms. The van der Waals surface area contributed by atoms with Gasteiger partial charge in [0, 0.05) is 30.4 Å². The number of aromatic nitrogens is 2. The lowest BCUT2D eigenvalue weighted by Crippen LogP contribution is -2.02. The standard InChI is InChI=1S/C13H16ClN3O/c1-9-12(8-17(2)16-9)15-7-10-11(14)5-4-6-13(10)18-3/h4-6,8,15H,7H2,1-3H3. The number of nitrogens with one attached hydrogen (secondary N) is 1. The van der Waals surface area contributed by atoms with Crippen LogP contribution in [0.5, 0.6) is 5.75 Å². The van der Waals surface area contributed by atoms with E-state index in [1.807, 2.05) is 38.4 Å². The van der Waals surface area contributed by atoms with Crippen LogP contribution in [0.4, 0.5) is 5.69 Å².